The standard InChI is InChI=1S/C33H45NO5/c1-4-33(2,3)32(36)38-23-15-13-11-9-7-5-6-8-10-12-14-22-37-28-18-16-26(17-19-28)29-24-27-25-34-21-20-30(27)39-31(29)35/h16-21,24-25H,4-15,22-23H2,1-3H3. The van der Waals surface area contributed by atoms with Gasteiger partial charge >= 0.3 is 11.6 Å². The van der Waals surface area contributed by atoms with Crippen LogP contribution < -0.4 is 10.4 Å². The van der Waals surface area contributed by atoms with Crippen molar-refractivity contribution in [2.24, 2.45) is 5.41 Å². The van der Waals surface area contributed by atoms with Crippen molar-refractivity contribution in [3.8, 4) is 16.9 Å². The fraction of sp³-hybridized carbons (Fsp3) is 0.545. The van der Waals surface area contributed by atoms with Gasteiger partial charge in [-0.3, -0.25) is 9.78 Å². The maximum atomic E-state index is 12.4. The second-order valence-electron chi connectivity index (χ2n) is 11.0. The normalized spacial score (nSPS) is 11.6. The summed E-state index contributed by atoms with van der Waals surface area (Å²) in [6.45, 7) is 7.17. The van der Waals surface area contributed by atoms with Crippen LogP contribution in [0, 0.1) is 5.41 Å². The fourth-order valence-corrected chi connectivity index (χ4v) is 4.39. The Morgan fingerprint density at radius 1 is 0.846 bits per heavy atom. The number of carbonyl (C=O) groups excluding carboxylic acids is 1. The molecule has 0 aliphatic heterocycles. The Hall–Kier alpha value is -3.15. The molecule has 0 unspecified atom stereocenters. The van der Waals surface area contributed by atoms with Gasteiger partial charge in [0.15, 0.2) is 0 Å². The lowest BCUT2D eigenvalue weighted by molar-refractivity contribution is -0.154. The molecule has 0 saturated heterocycles. The maximum Gasteiger partial charge on any atom is 0.344 e. The summed E-state index contributed by atoms with van der Waals surface area (Å²) in [7, 11) is 0. The van der Waals surface area contributed by atoms with E-state index in [0.717, 1.165) is 42.4 Å². The van der Waals surface area contributed by atoms with Crippen LogP contribution in [0.5, 0.6) is 5.75 Å². The van der Waals surface area contributed by atoms with E-state index in [9.17, 15) is 9.59 Å². The molecule has 0 fully saturated rings. The van der Waals surface area contributed by atoms with Crippen molar-refractivity contribution in [1.29, 1.82) is 0 Å². The average Bonchev–Trinajstić information content (AvgIpc) is 2.95. The van der Waals surface area contributed by atoms with Gasteiger partial charge in [0, 0.05) is 17.8 Å². The molecule has 1 aromatic carbocycles. The predicted octanol–water partition coefficient (Wildman–Crippen LogP) is 8.50. The topological polar surface area (TPSA) is 78.6 Å². The Bertz CT molecular complexity index is 1200. The first-order chi connectivity index (χ1) is 18.9. The Kier molecular flexibility index (Phi) is 12.5. The van der Waals surface area contributed by atoms with Crippen molar-refractivity contribution in [2.45, 2.75) is 97.8 Å². The number of rotatable bonds is 18. The lowest BCUT2D eigenvalue weighted by atomic mass is 9.91. The molecule has 0 N–H and O–H groups in total. The highest BCUT2D eigenvalue weighted by Crippen LogP contribution is 2.24. The summed E-state index contributed by atoms with van der Waals surface area (Å²) in [5, 5.41) is 0.801. The van der Waals surface area contributed by atoms with Crippen molar-refractivity contribution in [1.82, 2.24) is 4.98 Å². The molecule has 3 aromatic rings. The molecule has 0 atom stereocenters. The Morgan fingerprint density at radius 3 is 2.05 bits per heavy atom. The molecule has 39 heavy (non-hydrogen) atoms. The van der Waals surface area contributed by atoms with Crippen LogP contribution in [0.3, 0.4) is 0 Å². The first kappa shape index (κ1) is 30.4. The van der Waals surface area contributed by atoms with Gasteiger partial charge in [-0.15, -0.1) is 0 Å². The van der Waals surface area contributed by atoms with E-state index in [1.54, 1.807) is 18.5 Å². The molecule has 3 rings (SSSR count). The number of hydrogen-bond donors (Lipinski definition) is 0. The largest absolute Gasteiger partial charge is 0.494 e. The van der Waals surface area contributed by atoms with Gasteiger partial charge < -0.3 is 13.9 Å². The predicted molar refractivity (Wildman–Crippen MR) is 157 cm³/mol. The molecule has 0 aliphatic rings. The summed E-state index contributed by atoms with van der Waals surface area (Å²) in [6.07, 6.45) is 17.3. The van der Waals surface area contributed by atoms with Crippen LogP contribution in [0.1, 0.15) is 97.8 Å². The molecular formula is C33H45NO5. The molecule has 0 bridgehead atoms. The summed E-state index contributed by atoms with van der Waals surface area (Å²) < 4.78 is 16.7. The first-order valence-corrected chi connectivity index (χ1v) is 14.7. The van der Waals surface area contributed by atoms with Gasteiger partial charge in [-0.1, -0.05) is 76.8 Å². The van der Waals surface area contributed by atoms with Crippen molar-refractivity contribution in [2.75, 3.05) is 13.2 Å². The molecule has 0 spiro atoms. The number of carbonyl (C=O) groups is 1. The second-order valence-corrected chi connectivity index (χ2v) is 11.0. The third-order valence-electron chi connectivity index (χ3n) is 7.42. The molecule has 0 saturated carbocycles. The molecule has 2 heterocycles. The third kappa shape index (κ3) is 10.2. The maximum absolute atomic E-state index is 12.4. The number of ether oxygens (including phenoxy) is 2. The van der Waals surface area contributed by atoms with E-state index < -0.39 is 0 Å². The molecule has 0 radical (unpaired) electrons. The van der Waals surface area contributed by atoms with Crippen LogP contribution in [0.15, 0.2) is 58.0 Å². The quantitative estimate of drug-likeness (QED) is 0.120. The van der Waals surface area contributed by atoms with Gasteiger partial charge in [0.25, 0.3) is 0 Å². The molecule has 0 aliphatic carbocycles. The van der Waals surface area contributed by atoms with Crippen LogP contribution in [0.2, 0.25) is 0 Å². The van der Waals surface area contributed by atoms with Gasteiger partial charge in [0.1, 0.15) is 11.3 Å². The highest BCUT2D eigenvalue weighted by molar-refractivity contribution is 5.80. The van der Waals surface area contributed by atoms with Crippen molar-refractivity contribution in [3.05, 3.63) is 59.2 Å². The van der Waals surface area contributed by atoms with E-state index in [-0.39, 0.29) is 17.0 Å². The van der Waals surface area contributed by atoms with Crippen LogP contribution in [-0.2, 0) is 9.53 Å². The monoisotopic (exact) mass is 535 g/mol. The van der Waals surface area contributed by atoms with Crippen LogP contribution in [0.25, 0.3) is 22.1 Å². The number of aromatic nitrogens is 1. The lowest BCUT2D eigenvalue weighted by Gasteiger charge is -2.20. The second kappa shape index (κ2) is 16.1. The fourth-order valence-electron chi connectivity index (χ4n) is 4.39. The Labute approximate surface area is 233 Å². The molecule has 212 valence electrons. The summed E-state index contributed by atoms with van der Waals surface area (Å²) >= 11 is 0. The van der Waals surface area contributed by atoms with E-state index in [2.05, 4.69) is 4.98 Å². The van der Waals surface area contributed by atoms with Crippen molar-refractivity contribution in [3.63, 3.8) is 0 Å². The lowest BCUT2D eigenvalue weighted by Crippen LogP contribution is -2.26. The molecule has 0 amide bonds. The minimum absolute atomic E-state index is 0.0712. The van der Waals surface area contributed by atoms with Crippen LogP contribution in [-0.4, -0.2) is 24.2 Å². The van der Waals surface area contributed by atoms with E-state index in [1.165, 1.54) is 51.4 Å². The minimum atomic E-state index is -0.362. The van der Waals surface area contributed by atoms with Crippen molar-refractivity contribution < 1.29 is 18.7 Å². The van der Waals surface area contributed by atoms with E-state index in [1.807, 2.05) is 51.1 Å². The highest BCUT2D eigenvalue weighted by atomic mass is 16.5. The third-order valence-corrected chi connectivity index (χ3v) is 7.42. The number of unbranched alkanes of at least 4 members (excludes halogenated alkanes) is 10. The summed E-state index contributed by atoms with van der Waals surface area (Å²) in [4.78, 5) is 28.4. The zero-order chi connectivity index (χ0) is 27.9. The number of benzene rings is 1. The van der Waals surface area contributed by atoms with E-state index >= 15 is 0 Å². The van der Waals surface area contributed by atoms with Crippen molar-refractivity contribution >= 4 is 16.9 Å². The molecule has 6 nitrogen and oxygen atoms in total. The number of fused-ring (bicyclic) bond motifs is 1. The van der Waals surface area contributed by atoms with E-state index in [4.69, 9.17) is 13.9 Å². The summed E-state index contributed by atoms with van der Waals surface area (Å²) in [6, 6.07) is 11.1. The number of esters is 1. The summed E-state index contributed by atoms with van der Waals surface area (Å²) in [5.74, 6) is 0.742. The van der Waals surface area contributed by atoms with Gasteiger partial charge in [-0.25, -0.2) is 4.79 Å². The molecular weight excluding hydrogens is 490 g/mol. The summed E-state index contributed by atoms with van der Waals surface area (Å²) in [5.41, 5.74) is 1.15. The van der Waals surface area contributed by atoms with Gasteiger partial charge in [-0.2, -0.15) is 0 Å². The highest BCUT2D eigenvalue weighted by Gasteiger charge is 2.26. The minimum Gasteiger partial charge on any atom is -0.494 e. The van der Waals surface area contributed by atoms with Crippen LogP contribution >= 0.6 is 0 Å². The van der Waals surface area contributed by atoms with Gasteiger partial charge in [0.2, 0.25) is 0 Å². The molecule has 2 aromatic heterocycles. The molecule has 6 heteroatoms. The zero-order valence-electron chi connectivity index (χ0n) is 24.0. The number of hydrogen-bond acceptors (Lipinski definition) is 6. The Balaban J connectivity index is 1.17. The van der Waals surface area contributed by atoms with Crippen LogP contribution in [0.4, 0.5) is 0 Å². The van der Waals surface area contributed by atoms with Gasteiger partial charge in [0.05, 0.1) is 24.2 Å². The van der Waals surface area contributed by atoms with E-state index in [0.29, 0.717) is 24.4 Å². The average molecular weight is 536 g/mol. The SMILES string of the molecule is CCC(C)(C)C(=O)OCCCCCCCCCCCCCOc1ccc(-c2cc3cnccc3oc2=O)cc1. The number of pyridine rings is 1. The number of nitrogens with zero attached hydrogens (tertiary/aromatic N) is 1. The van der Waals surface area contributed by atoms with Gasteiger partial charge in [-0.05, 0) is 62.9 Å². The zero-order valence-corrected chi connectivity index (χ0v) is 24.0. The smallest absolute Gasteiger partial charge is 0.344 e. The Morgan fingerprint density at radius 2 is 1.44 bits per heavy atom. The first-order valence-electron chi connectivity index (χ1n) is 14.7.